The highest BCUT2D eigenvalue weighted by Crippen LogP contribution is 2.25. The molecule has 0 bridgehead atoms. The Kier molecular flexibility index (Phi) is 17.8. The number of hydrazine groups is 1. The van der Waals surface area contributed by atoms with Gasteiger partial charge in [-0.2, -0.15) is 0 Å². The van der Waals surface area contributed by atoms with E-state index in [1.807, 2.05) is 51.1 Å². The monoisotopic (exact) mass is 675 g/mol. The molecule has 0 radical (unpaired) electrons. The average molecular weight is 676 g/mol. The number of amides is 4. The largest absolute Gasteiger partial charge is 0.459 e. The fourth-order valence-corrected chi connectivity index (χ4v) is 5.83. The van der Waals surface area contributed by atoms with E-state index in [0.29, 0.717) is 19.4 Å². The number of nitrogens with one attached hydrogen (secondary N) is 4. The van der Waals surface area contributed by atoms with Gasteiger partial charge in [0, 0.05) is 13.0 Å². The van der Waals surface area contributed by atoms with Gasteiger partial charge in [0.15, 0.2) is 0 Å². The molecule has 1 saturated carbocycles. The summed E-state index contributed by atoms with van der Waals surface area (Å²) < 4.78 is 15.6. The number of esters is 1. The summed E-state index contributed by atoms with van der Waals surface area (Å²) in [5.74, 6) is -1.57. The van der Waals surface area contributed by atoms with Crippen molar-refractivity contribution >= 4 is 30.0 Å². The van der Waals surface area contributed by atoms with Crippen LogP contribution in [0.15, 0.2) is 30.3 Å². The number of benzene rings is 1. The molecule has 1 aliphatic carbocycles. The first kappa shape index (κ1) is 40.3. The molecule has 2 rings (SSSR count). The van der Waals surface area contributed by atoms with Gasteiger partial charge in [0.25, 0.3) is 5.91 Å². The van der Waals surface area contributed by atoms with Crippen LogP contribution >= 0.6 is 0 Å². The lowest BCUT2D eigenvalue weighted by Crippen LogP contribution is -2.60. The van der Waals surface area contributed by atoms with Crippen molar-refractivity contribution in [3.63, 3.8) is 0 Å². The summed E-state index contributed by atoms with van der Waals surface area (Å²) in [5, 5.41) is 10.0. The van der Waals surface area contributed by atoms with Crippen LogP contribution in [0.25, 0.3) is 0 Å². The van der Waals surface area contributed by atoms with Gasteiger partial charge in [-0.25, -0.2) is 14.6 Å². The van der Waals surface area contributed by atoms with Crippen LogP contribution in [0.1, 0.15) is 85.1 Å². The van der Waals surface area contributed by atoms with Gasteiger partial charge < -0.3 is 30.2 Å². The number of carbonyl (C=O) groups excluding carboxylic acids is 5. The van der Waals surface area contributed by atoms with Gasteiger partial charge in [0.2, 0.25) is 5.91 Å². The van der Waals surface area contributed by atoms with Gasteiger partial charge >= 0.3 is 18.2 Å². The Morgan fingerprint density at radius 1 is 0.812 bits per heavy atom. The molecule has 13 nitrogen and oxygen atoms in total. The lowest BCUT2D eigenvalue weighted by Gasteiger charge is -2.36. The van der Waals surface area contributed by atoms with Gasteiger partial charge in [-0.1, -0.05) is 84.2 Å². The maximum atomic E-state index is 13.8. The van der Waals surface area contributed by atoms with Crippen molar-refractivity contribution in [1.82, 2.24) is 26.4 Å². The lowest BCUT2D eigenvalue weighted by molar-refractivity contribution is -0.154. The van der Waals surface area contributed by atoms with Crippen LogP contribution in [0, 0.1) is 17.8 Å². The topological polar surface area (TPSA) is 164 Å². The smallest absolute Gasteiger partial charge is 0.407 e. The summed E-state index contributed by atoms with van der Waals surface area (Å²) in [6.07, 6.45) is 3.98. The fraction of sp³-hybridized carbons (Fsp3) is 0.686. The molecular formula is C35H57N5O8. The highest BCUT2D eigenvalue weighted by molar-refractivity contribution is 5.86. The van der Waals surface area contributed by atoms with Crippen LogP contribution < -0.4 is 21.4 Å². The average Bonchev–Trinajstić information content (AvgIpc) is 3.05. The minimum Gasteiger partial charge on any atom is -0.459 e. The van der Waals surface area contributed by atoms with Crippen molar-refractivity contribution in [2.75, 3.05) is 27.3 Å². The molecule has 0 aromatic heterocycles. The molecule has 270 valence electrons. The third kappa shape index (κ3) is 14.1. The number of hydrogen-bond acceptors (Lipinski definition) is 9. The molecule has 0 heterocycles. The molecule has 1 aromatic rings. The SMILES string of the molecule is CCCC(=O)OC(CN(CC1CCCCC1)NC(=O)[C@@H](NC(=O)OC)C(C)C)C(Cc1ccccc1)NC(=O)[C@@H](NC(=O)OC)C(C)C. The van der Waals surface area contributed by atoms with E-state index in [1.165, 1.54) is 14.2 Å². The molecular weight excluding hydrogens is 618 g/mol. The number of ether oxygens (including phenoxy) is 3. The number of alkyl carbamates (subject to hydrolysis) is 2. The molecule has 4 amide bonds. The maximum absolute atomic E-state index is 13.8. The third-order valence-electron chi connectivity index (χ3n) is 8.50. The molecule has 1 fully saturated rings. The predicted octanol–water partition coefficient (Wildman–Crippen LogP) is 4.10. The molecule has 0 saturated heterocycles. The lowest BCUT2D eigenvalue weighted by atomic mass is 9.89. The van der Waals surface area contributed by atoms with E-state index in [9.17, 15) is 24.0 Å². The normalized spacial score (nSPS) is 16.0. The molecule has 4 atom stereocenters. The van der Waals surface area contributed by atoms with Crippen molar-refractivity contribution in [3.05, 3.63) is 35.9 Å². The van der Waals surface area contributed by atoms with Gasteiger partial charge in [0.1, 0.15) is 18.2 Å². The Bertz CT molecular complexity index is 1160. The Morgan fingerprint density at radius 2 is 1.38 bits per heavy atom. The summed E-state index contributed by atoms with van der Waals surface area (Å²) in [4.78, 5) is 64.8. The van der Waals surface area contributed by atoms with E-state index in [1.54, 1.807) is 18.9 Å². The number of methoxy groups -OCH3 is 2. The first-order chi connectivity index (χ1) is 22.9. The molecule has 4 N–H and O–H groups in total. The van der Waals surface area contributed by atoms with Crippen LogP contribution in [0.5, 0.6) is 0 Å². The fourth-order valence-electron chi connectivity index (χ4n) is 5.83. The van der Waals surface area contributed by atoms with Gasteiger partial charge in [-0.3, -0.25) is 19.8 Å². The summed E-state index contributed by atoms with van der Waals surface area (Å²) in [5.41, 5.74) is 3.90. The summed E-state index contributed by atoms with van der Waals surface area (Å²) in [6, 6.07) is 6.96. The molecule has 1 aliphatic rings. The molecule has 1 aromatic carbocycles. The van der Waals surface area contributed by atoms with E-state index in [-0.39, 0.29) is 30.7 Å². The summed E-state index contributed by atoms with van der Waals surface area (Å²) in [6.45, 7) is 9.68. The summed E-state index contributed by atoms with van der Waals surface area (Å²) >= 11 is 0. The van der Waals surface area contributed by atoms with Crippen LogP contribution in [0.4, 0.5) is 9.59 Å². The second-order valence-electron chi connectivity index (χ2n) is 13.2. The summed E-state index contributed by atoms with van der Waals surface area (Å²) in [7, 11) is 2.47. The second kappa shape index (κ2) is 21.2. The van der Waals surface area contributed by atoms with Gasteiger partial charge in [-0.15, -0.1) is 0 Å². The number of carbonyl (C=O) groups is 5. The van der Waals surface area contributed by atoms with E-state index in [4.69, 9.17) is 14.2 Å². The molecule has 0 spiro atoms. The highest BCUT2D eigenvalue weighted by atomic mass is 16.5. The zero-order valence-electron chi connectivity index (χ0n) is 29.7. The van der Waals surface area contributed by atoms with Crippen molar-refractivity contribution in [2.45, 2.75) is 110 Å². The molecule has 2 unspecified atom stereocenters. The highest BCUT2D eigenvalue weighted by Gasteiger charge is 2.35. The van der Waals surface area contributed by atoms with Crippen molar-refractivity contribution in [3.8, 4) is 0 Å². The second-order valence-corrected chi connectivity index (χ2v) is 13.2. The van der Waals surface area contributed by atoms with Crippen molar-refractivity contribution in [2.24, 2.45) is 17.8 Å². The van der Waals surface area contributed by atoms with E-state index < -0.39 is 54.2 Å². The van der Waals surface area contributed by atoms with Gasteiger partial charge in [0.05, 0.1) is 26.8 Å². The van der Waals surface area contributed by atoms with Crippen LogP contribution in [0.3, 0.4) is 0 Å². The number of hydrogen-bond donors (Lipinski definition) is 4. The quantitative estimate of drug-likeness (QED) is 0.102. The molecule has 13 heteroatoms. The van der Waals surface area contributed by atoms with Crippen LogP contribution in [0.2, 0.25) is 0 Å². The minimum atomic E-state index is -0.919. The predicted molar refractivity (Wildman–Crippen MR) is 181 cm³/mol. The third-order valence-corrected chi connectivity index (χ3v) is 8.50. The first-order valence-corrected chi connectivity index (χ1v) is 17.2. The Morgan fingerprint density at radius 3 is 1.90 bits per heavy atom. The molecule has 48 heavy (non-hydrogen) atoms. The number of nitrogens with zero attached hydrogens (tertiary/aromatic N) is 1. The Balaban J connectivity index is 2.52. The van der Waals surface area contributed by atoms with E-state index >= 15 is 0 Å². The van der Waals surface area contributed by atoms with Crippen molar-refractivity contribution in [1.29, 1.82) is 0 Å². The van der Waals surface area contributed by atoms with Crippen molar-refractivity contribution < 1.29 is 38.2 Å². The van der Waals surface area contributed by atoms with E-state index in [0.717, 1.165) is 37.7 Å². The van der Waals surface area contributed by atoms with Crippen LogP contribution in [-0.4, -0.2) is 86.5 Å². The zero-order valence-corrected chi connectivity index (χ0v) is 29.7. The van der Waals surface area contributed by atoms with E-state index in [2.05, 4.69) is 21.4 Å². The first-order valence-electron chi connectivity index (χ1n) is 17.2. The maximum Gasteiger partial charge on any atom is 0.407 e. The molecule has 0 aliphatic heterocycles. The number of rotatable bonds is 18. The Labute approximate surface area is 285 Å². The Hall–Kier alpha value is -3.87. The van der Waals surface area contributed by atoms with Crippen LogP contribution in [-0.2, 0) is 35.0 Å². The standard InChI is InChI=1S/C35H57N5O8/c1-8-15-29(41)48-28(27(20-25-16-11-9-12-17-25)36-32(42)30(23(2)3)37-34(44)46-6)22-40(21-26-18-13-10-14-19-26)39-33(43)31(24(4)5)38-35(45)47-7/h9,11-12,16-17,23-24,26-28,30-31H,8,10,13-15,18-22H2,1-7H3,(H,36,42)(H,37,44)(H,38,45)(H,39,43)/t27?,28?,30-,31-/m0/s1. The van der Waals surface area contributed by atoms with Gasteiger partial charge in [-0.05, 0) is 49.0 Å². The minimum absolute atomic E-state index is 0.0648. The zero-order chi connectivity index (χ0) is 35.6.